The lowest BCUT2D eigenvalue weighted by Gasteiger charge is -2.10. The zero-order valence-electron chi connectivity index (χ0n) is 17.0. The number of imidazole rings is 1. The maximum Gasteiger partial charge on any atom is 0.337 e. The molecule has 0 fully saturated rings. The molecular weight excluding hydrogens is 399 g/mol. The van der Waals surface area contributed by atoms with Crippen LogP contribution in [0.5, 0.6) is 0 Å². The van der Waals surface area contributed by atoms with Crippen molar-refractivity contribution in [1.82, 2.24) is 9.55 Å². The normalized spacial score (nSPS) is 10.8. The second kappa shape index (κ2) is 8.39. The summed E-state index contributed by atoms with van der Waals surface area (Å²) in [5, 5.41) is 0. The Balaban J connectivity index is 1.84. The highest BCUT2D eigenvalue weighted by molar-refractivity contribution is 5.94. The first-order chi connectivity index (χ1) is 15.0. The Hall–Kier alpha value is -4.00. The molecule has 0 aliphatic heterocycles. The summed E-state index contributed by atoms with van der Waals surface area (Å²) in [5.41, 5.74) is 3.94. The van der Waals surface area contributed by atoms with Crippen LogP contribution in [0.3, 0.4) is 0 Å². The number of methoxy groups -OCH3 is 2. The van der Waals surface area contributed by atoms with Crippen LogP contribution in [0.15, 0.2) is 66.7 Å². The number of carbonyl (C=O) groups excluding carboxylic acids is 2. The quantitative estimate of drug-likeness (QED) is 0.448. The molecule has 0 aliphatic rings. The average Bonchev–Trinajstić information content (AvgIpc) is 3.17. The third-order valence-corrected chi connectivity index (χ3v) is 4.99. The lowest BCUT2D eigenvalue weighted by Crippen LogP contribution is -2.04. The molecule has 0 unspecified atom stereocenters. The summed E-state index contributed by atoms with van der Waals surface area (Å²) in [6.45, 7) is 0.447. The predicted molar refractivity (Wildman–Crippen MR) is 113 cm³/mol. The summed E-state index contributed by atoms with van der Waals surface area (Å²) in [6, 6.07) is 18.3. The van der Waals surface area contributed by atoms with Gasteiger partial charge in [-0.05, 0) is 48.0 Å². The predicted octanol–water partition coefficient (Wildman–Crippen LogP) is 4.46. The molecule has 0 amide bonds. The van der Waals surface area contributed by atoms with Gasteiger partial charge < -0.3 is 14.0 Å². The molecule has 0 atom stereocenters. The molecule has 31 heavy (non-hydrogen) atoms. The van der Waals surface area contributed by atoms with Crippen LogP contribution in [0.4, 0.5) is 4.39 Å². The molecule has 0 bridgehead atoms. The number of hydrogen-bond acceptors (Lipinski definition) is 5. The molecule has 3 aromatic carbocycles. The van der Waals surface area contributed by atoms with Gasteiger partial charge in [-0.3, -0.25) is 0 Å². The lowest BCUT2D eigenvalue weighted by atomic mass is 10.1. The Morgan fingerprint density at radius 2 is 1.48 bits per heavy atom. The highest BCUT2D eigenvalue weighted by atomic mass is 19.1. The zero-order chi connectivity index (χ0) is 22.0. The van der Waals surface area contributed by atoms with Crippen molar-refractivity contribution in [1.29, 1.82) is 0 Å². The second-order valence-electron chi connectivity index (χ2n) is 6.91. The van der Waals surface area contributed by atoms with Gasteiger partial charge in [0.15, 0.2) is 0 Å². The van der Waals surface area contributed by atoms with Crippen LogP contribution in [-0.4, -0.2) is 35.7 Å². The van der Waals surface area contributed by atoms with Gasteiger partial charge in [0.2, 0.25) is 0 Å². The van der Waals surface area contributed by atoms with E-state index in [1.807, 2.05) is 10.6 Å². The van der Waals surface area contributed by atoms with Crippen molar-refractivity contribution in [2.24, 2.45) is 0 Å². The minimum Gasteiger partial charge on any atom is -0.465 e. The number of rotatable bonds is 5. The number of ether oxygens (including phenoxy) is 2. The summed E-state index contributed by atoms with van der Waals surface area (Å²) in [7, 11) is 2.66. The van der Waals surface area contributed by atoms with Crippen LogP contribution in [0, 0.1) is 5.82 Å². The van der Waals surface area contributed by atoms with Gasteiger partial charge in [0.25, 0.3) is 0 Å². The molecule has 4 rings (SSSR count). The van der Waals surface area contributed by atoms with Crippen molar-refractivity contribution in [3.8, 4) is 11.4 Å². The smallest absolute Gasteiger partial charge is 0.337 e. The molecule has 0 spiro atoms. The molecule has 1 aromatic heterocycles. The van der Waals surface area contributed by atoms with E-state index in [9.17, 15) is 14.0 Å². The van der Waals surface area contributed by atoms with Crippen molar-refractivity contribution in [3.63, 3.8) is 0 Å². The van der Waals surface area contributed by atoms with Gasteiger partial charge in [-0.2, -0.15) is 0 Å². The van der Waals surface area contributed by atoms with Gasteiger partial charge in [0, 0.05) is 12.1 Å². The number of benzene rings is 3. The Labute approximate surface area is 177 Å². The molecule has 156 valence electrons. The van der Waals surface area contributed by atoms with E-state index >= 15 is 0 Å². The van der Waals surface area contributed by atoms with E-state index in [2.05, 4.69) is 0 Å². The molecule has 0 N–H and O–H groups in total. The van der Waals surface area contributed by atoms with Crippen LogP contribution in [0.25, 0.3) is 22.4 Å². The highest BCUT2D eigenvalue weighted by Crippen LogP contribution is 2.27. The van der Waals surface area contributed by atoms with Gasteiger partial charge in [0.1, 0.15) is 11.6 Å². The van der Waals surface area contributed by atoms with Crippen LogP contribution in [0.1, 0.15) is 26.3 Å². The number of fused-ring (bicyclic) bond motifs is 1. The van der Waals surface area contributed by atoms with Gasteiger partial charge in [0.05, 0.1) is 36.4 Å². The van der Waals surface area contributed by atoms with Crippen molar-refractivity contribution in [3.05, 3.63) is 89.2 Å². The van der Waals surface area contributed by atoms with Gasteiger partial charge in [-0.15, -0.1) is 0 Å². The molecule has 4 aromatic rings. The molecule has 1 heterocycles. The molecule has 0 aliphatic carbocycles. The Kier molecular flexibility index (Phi) is 5.49. The summed E-state index contributed by atoms with van der Waals surface area (Å²) in [6.07, 6.45) is 0. The number of aromatic nitrogens is 2. The second-order valence-corrected chi connectivity index (χ2v) is 6.91. The topological polar surface area (TPSA) is 70.4 Å². The summed E-state index contributed by atoms with van der Waals surface area (Å²) in [5.74, 6) is -0.522. The first-order valence-electron chi connectivity index (χ1n) is 9.52. The van der Waals surface area contributed by atoms with Crippen molar-refractivity contribution < 1.29 is 23.5 Å². The van der Waals surface area contributed by atoms with Crippen LogP contribution >= 0.6 is 0 Å². The molecule has 7 heteroatoms. The number of esters is 2. The van der Waals surface area contributed by atoms with Crippen molar-refractivity contribution in [2.45, 2.75) is 6.54 Å². The van der Waals surface area contributed by atoms with E-state index in [4.69, 9.17) is 14.5 Å². The summed E-state index contributed by atoms with van der Waals surface area (Å²) >= 11 is 0. The number of nitrogens with zero attached hydrogens (tertiary/aromatic N) is 2. The maximum atomic E-state index is 13.3. The fourth-order valence-electron chi connectivity index (χ4n) is 3.40. The molecule has 0 saturated heterocycles. The molecule has 0 saturated carbocycles. The Morgan fingerprint density at radius 3 is 2.13 bits per heavy atom. The zero-order valence-corrected chi connectivity index (χ0v) is 17.0. The van der Waals surface area contributed by atoms with Gasteiger partial charge in [-0.25, -0.2) is 19.0 Å². The van der Waals surface area contributed by atoms with Gasteiger partial charge >= 0.3 is 11.9 Å². The monoisotopic (exact) mass is 418 g/mol. The largest absolute Gasteiger partial charge is 0.465 e. The third-order valence-electron chi connectivity index (χ3n) is 4.99. The van der Waals surface area contributed by atoms with Crippen LogP contribution in [-0.2, 0) is 16.0 Å². The number of hydrogen-bond donors (Lipinski definition) is 0. The first kappa shape index (κ1) is 20.3. The summed E-state index contributed by atoms with van der Waals surface area (Å²) in [4.78, 5) is 28.4. The maximum absolute atomic E-state index is 13.3. The fraction of sp³-hybridized carbons (Fsp3) is 0.125. The Morgan fingerprint density at radius 1 is 0.871 bits per heavy atom. The van der Waals surface area contributed by atoms with Crippen molar-refractivity contribution >= 4 is 23.0 Å². The van der Waals surface area contributed by atoms with E-state index in [1.165, 1.54) is 26.4 Å². The minimum atomic E-state index is -0.445. The van der Waals surface area contributed by atoms with E-state index in [-0.39, 0.29) is 5.82 Å². The van der Waals surface area contributed by atoms with Crippen molar-refractivity contribution in [2.75, 3.05) is 14.2 Å². The van der Waals surface area contributed by atoms with Gasteiger partial charge in [-0.1, -0.05) is 24.3 Å². The number of halogens is 1. The SMILES string of the molecule is COC(=O)c1ccc(-c2nc3cc(C(=O)OC)ccc3n2Cc2ccc(F)cc2)cc1. The fourth-order valence-corrected chi connectivity index (χ4v) is 3.40. The molecular formula is C24H19FN2O4. The van der Waals surface area contributed by atoms with E-state index in [0.717, 1.165) is 16.6 Å². The van der Waals surface area contributed by atoms with Crippen LogP contribution < -0.4 is 0 Å². The first-order valence-corrected chi connectivity index (χ1v) is 9.52. The van der Waals surface area contributed by atoms with Crippen LogP contribution in [0.2, 0.25) is 0 Å². The number of carbonyl (C=O) groups is 2. The average molecular weight is 418 g/mol. The molecule has 6 nitrogen and oxygen atoms in total. The lowest BCUT2D eigenvalue weighted by molar-refractivity contribution is 0.0592. The summed E-state index contributed by atoms with van der Waals surface area (Å²) < 4.78 is 24.9. The highest BCUT2D eigenvalue weighted by Gasteiger charge is 2.16. The standard InChI is InChI=1S/C24H19FN2O4/c1-30-23(28)17-7-5-16(6-8-17)22-26-20-13-18(24(29)31-2)9-12-21(20)27(22)14-15-3-10-19(25)11-4-15/h3-13H,14H2,1-2H3. The Bertz CT molecular complexity index is 1260. The van der Waals surface area contributed by atoms with E-state index < -0.39 is 11.9 Å². The molecule has 0 radical (unpaired) electrons. The third kappa shape index (κ3) is 4.02. The van der Waals surface area contributed by atoms with E-state index in [1.54, 1.807) is 48.5 Å². The minimum absolute atomic E-state index is 0.305. The van der Waals surface area contributed by atoms with E-state index in [0.29, 0.717) is 29.0 Å².